The minimum Gasteiger partial charge on any atom is -0.494 e. The quantitative estimate of drug-likeness (QED) is 0.780. The Balaban J connectivity index is 2.26. The van der Waals surface area contributed by atoms with Crippen molar-refractivity contribution in [3.8, 4) is 5.75 Å². The van der Waals surface area contributed by atoms with Crippen molar-refractivity contribution >= 4 is 45.1 Å². The predicted octanol–water partition coefficient (Wildman–Crippen LogP) is 4.45. The number of ether oxygens (including phenoxy) is 1. The fraction of sp³-hybridized carbons (Fsp3) is 0.125. The third kappa shape index (κ3) is 4.24. The molecule has 0 saturated heterocycles. The summed E-state index contributed by atoms with van der Waals surface area (Å²) in [6.07, 6.45) is 0. The Labute approximate surface area is 146 Å². The van der Waals surface area contributed by atoms with Crippen molar-refractivity contribution in [3.05, 3.63) is 57.0 Å². The van der Waals surface area contributed by atoms with Gasteiger partial charge in [-0.15, -0.1) is 0 Å². The lowest BCUT2D eigenvalue weighted by Gasteiger charge is -2.11. The highest BCUT2D eigenvalue weighted by atomic mass is 79.9. The minimum absolute atomic E-state index is 0.0550. The maximum atomic E-state index is 12.3. The van der Waals surface area contributed by atoms with E-state index < -0.39 is 11.9 Å². The number of carbonyl (C=O) groups is 2. The zero-order chi connectivity index (χ0) is 17.0. The molecule has 2 N–H and O–H groups in total. The van der Waals surface area contributed by atoms with Crippen molar-refractivity contribution in [2.45, 2.75) is 6.92 Å². The van der Waals surface area contributed by atoms with E-state index in [2.05, 4.69) is 21.2 Å². The highest BCUT2D eigenvalue weighted by Gasteiger charge is 2.16. The van der Waals surface area contributed by atoms with Crippen LogP contribution in [0.5, 0.6) is 5.75 Å². The number of hydrogen-bond donors (Lipinski definition) is 2. The lowest BCUT2D eigenvalue weighted by Crippen LogP contribution is -2.15. The van der Waals surface area contributed by atoms with Crippen LogP contribution in [0.3, 0.4) is 0 Å². The van der Waals surface area contributed by atoms with Gasteiger partial charge < -0.3 is 15.2 Å². The Kier molecular flexibility index (Phi) is 5.63. The third-order valence-electron chi connectivity index (χ3n) is 2.97. The van der Waals surface area contributed by atoms with Crippen molar-refractivity contribution in [1.82, 2.24) is 0 Å². The van der Waals surface area contributed by atoms with Gasteiger partial charge in [-0.05, 0) is 59.3 Å². The fourth-order valence-corrected chi connectivity index (χ4v) is 2.40. The first-order valence-electron chi connectivity index (χ1n) is 6.69. The molecule has 1 amide bonds. The van der Waals surface area contributed by atoms with E-state index >= 15 is 0 Å². The van der Waals surface area contributed by atoms with E-state index in [0.717, 1.165) is 0 Å². The summed E-state index contributed by atoms with van der Waals surface area (Å²) in [7, 11) is 0. The van der Waals surface area contributed by atoms with Crippen molar-refractivity contribution in [1.29, 1.82) is 0 Å². The van der Waals surface area contributed by atoms with Gasteiger partial charge >= 0.3 is 5.97 Å². The third-order valence-corrected chi connectivity index (χ3v) is 4.16. The smallest absolute Gasteiger partial charge is 0.337 e. The molecule has 0 aliphatic rings. The molecule has 2 aromatic carbocycles. The maximum absolute atomic E-state index is 12.3. The molecular formula is C16H13BrClNO4. The highest BCUT2D eigenvalue weighted by molar-refractivity contribution is 9.10. The van der Waals surface area contributed by atoms with Gasteiger partial charge in [-0.2, -0.15) is 0 Å². The zero-order valence-corrected chi connectivity index (χ0v) is 14.4. The molecule has 2 rings (SSSR count). The monoisotopic (exact) mass is 397 g/mol. The van der Waals surface area contributed by atoms with Crippen LogP contribution < -0.4 is 10.1 Å². The van der Waals surface area contributed by atoms with Crippen molar-refractivity contribution in [2.24, 2.45) is 0 Å². The van der Waals surface area contributed by atoms with E-state index in [-0.39, 0.29) is 11.3 Å². The SMILES string of the molecule is CCOc1ccc(C(=O)Nc2cc(Cl)c(Br)cc2C(=O)O)cc1. The number of halogens is 2. The Morgan fingerprint density at radius 2 is 1.91 bits per heavy atom. The van der Waals surface area contributed by atoms with Crippen LogP contribution in [0.4, 0.5) is 5.69 Å². The van der Waals surface area contributed by atoms with Crippen LogP contribution in [0.1, 0.15) is 27.6 Å². The van der Waals surface area contributed by atoms with Gasteiger partial charge in [0.2, 0.25) is 0 Å². The van der Waals surface area contributed by atoms with Gasteiger partial charge in [-0.25, -0.2) is 4.79 Å². The van der Waals surface area contributed by atoms with Crippen LogP contribution in [0.25, 0.3) is 0 Å². The van der Waals surface area contributed by atoms with Crippen LogP contribution in [0.15, 0.2) is 40.9 Å². The highest BCUT2D eigenvalue weighted by Crippen LogP contribution is 2.30. The first-order chi connectivity index (χ1) is 10.9. The van der Waals surface area contributed by atoms with Crippen LogP contribution in [-0.4, -0.2) is 23.6 Å². The number of carboxylic acid groups (broad SMARTS) is 1. The first kappa shape index (κ1) is 17.3. The molecule has 0 unspecified atom stereocenters. The standard InChI is InChI=1S/C16H13BrClNO4/c1-2-23-10-5-3-9(4-6-10)15(20)19-14-8-13(18)12(17)7-11(14)16(21)22/h3-8H,2H2,1H3,(H,19,20)(H,21,22). The second kappa shape index (κ2) is 7.48. The molecule has 120 valence electrons. The molecule has 0 aliphatic heterocycles. The molecule has 7 heteroatoms. The van der Waals surface area contributed by atoms with Crippen LogP contribution in [0.2, 0.25) is 5.02 Å². The minimum atomic E-state index is -1.16. The summed E-state index contributed by atoms with van der Waals surface area (Å²) >= 11 is 9.13. The van der Waals surface area contributed by atoms with Crippen LogP contribution >= 0.6 is 27.5 Å². The molecule has 0 spiro atoms. The summed E-state index contributed by atoms with van der Waals surface area (Å²) < 4.78 is 5.75. The number of rotatable bonds is 5. The number of aromatic carboxylic acids is 1. The van der Waals surface area contributed by atoms with E-state index in [1.807, 2.05) is 6.92 Å². The zero-order valence-electron chi connectivity index (χ0n) is 12.1. The van der Waals surface area contributed by atoms with E-state index in [4.69, 9.17) is 16.3 Å². The first-order valence-corrected chi connectivity index (χ1v) is 7.86. The predicted molar refractivity (Wildman–Crippen MR) is 91.7 cm³/mol. The molecule has 0 heterocycles. The summed E-state index contributed by atoms with van der Waals surface area (Å²) in [5.41, 5.74) is 0.453. The van der Waals surface area contributed by atoms with E-state index in [1.165, 1.54) is 12.1 Å². The van der Waals surface area contributed by atoms with Crippen molar-refractivity contribution in [2.75, 3.05) is 11.9 Å². The summed E-state index contributed by atoms with van der Waals surface area (Å²) in [6.45, 7) is 2.40. The molecule has 0 fully saturated rings. The number of carboxylic acids is 1. The van der Waals surface area contributed by atoms with Gasteiger partial charge in [-0.1, -0.05) is 11.6 Å². The summed E-state index contributed by atoms with van der Waals surface area (Å²) in [5.74, 6) is -0.944. The Morgan fingerprint density at radius 3 is 2.48 bits per heavy atom. The molecule has 0 aromatic heterocycles. The van der Waals surface area contributed by atoms with E-state index in [1.54, 1.807) is 24.3 Å². The second-order valence-electron chi connectivity index (χ2n) is 4.53. The Morgan fingerprint density at radius 1 is 1.26 bits per heavy atom. The molecule has 5 nitrogen and oxygen atoms in total. The van der Waals surface area contributed by atoms with E-state index in [0.29, 0.717) is 27.4 Å². The summed E-state index contributed by atoms with van der Waals surface area (Å²) in [4.78, 5) is 23.5. The Bertz CT molecular complexity index is 746. The molecule has 0 aliphatic carbocycles. The second-order valence-corrected chi connectivity index (χ2v) is 5.79. The normalized spacial score (nSPS) is 10.2. The molecular weight excluding hydrogens is 386 g/mol. The molecule has 0 saturated carbocycles. The van der Waals surface area contributed by atoms with Gasteiger partial charge in [0.25, 0.3) is 5.91 Å². The summed E-state index contributed by atoms with van der Waals surface area (Å²) in [6, 6.07) is 9.28. The number of hydrogen-bond acceptors (Lipinski definition) is 3. The Hall–Kier alpha value is -2.05. The lowest BCUT2D eigenvalue weighted by molar-refractivity contribution is 0.0698. The lowest BCUT2D eigenvalue weighted by atomic mass is 10.1. The number of benzene rings is 2. The number of carbonyl (C=O) groups excluding carboxylic acids is 1. The van der Waals surface area contributed by atoms with Crippen LogP contribution in [0, 0.1) is 0 Å². The molecule has 0 bridgehead atoms. The average molecular weight is 399 g/mol. The van der Waals surface area contributed by atoms with Gasteiger partial charge in [0.15, 0.2) is 0 Å². The van der Waals surface area contributed by atoms with E-state index in [9.17, 15) is 14.7 Å². The number of nitrogens with one attached hydrogen (secondary N) is 1. The van der Waals surface area contributed by atoms with Gasteiger partial charge in [-0.3, -0.25) is 4.79 Å². The van der Waals surface area contributed by atoms with Gasteiger partial charge in [0, 0.05) is 10.0 Å². The fourth-order valence-electron chi connectivity index (χ4n) is 1.89. The van der Waals surface area contributed by atoms with Crippen molar-refractivity contribution < 1.29 is 19.4 Å². The average Bonchev–Trinajstić information content (AvgIpc) is 2.51. The number of anilines is 1. The summed E-state index contributed by atoms with van der Waals surface area (Å²) in [5, 5.41) is 12.1. The van der Waals surface area contributed by atoms with Gasteiger partial charge in [0.1, 0.15) is 5.75 Å². The topological polar surface area (TPSA) is 75.6 Å². The maximum Gasteiger partial charge on any atom is 0.337 e. The number of amides is 1. The largest absolute Gasteiger partial charge is 0.494 e. The molecule has 2 aromatic rings. The molecule has 0 radical (unpaired) electrons. The molecule has 0 atom stereocenters. The van der Waals surface area contributed by atoms with Crippen LogP contribution in [-0.2, 0) is 0 Å². The molecule has 23 heavy (non-hydrogen) atoms. The van der Waals surface area contributed by atoms with Crippen molar-refractivity contribution in [3.63, 3.8) is 0 Å². The van der Waals surface area contributed by atoms with Gasteiger partial charge in [0.05, 0.1) is 22.9 Å².